The molecule has 6 rings (SSSR count). The van der Waals surface area contributed by atoms with Gasteiger partial charge in [-0.05, 0) is 30.7 Å². The molecule has 2 aromatic rings. The number of hydrogen-bond acceptors (Lipinski definition) is 3. The predicted molar refractivity (Wildman–Crippen MR) is 104 cm³/mol. The molecular weight excluding hydrogens is 338 g/mol. The molecule has 5 heteroatoms. The van der Waals surface area contributed by atoms with E-state index in [1.54, 1.807) is 6.21 Å². The molecule has 4 atom stereocenters. The number of para-hydroxylation sites is 1. The first-order chi connectivity index (χ1) is 13.2. The van der Waals surface area contributed by atoms with Gasteiger partial charge in [-0.3, -0.25) is 9.59 Å². The maximum absolute atomic E-state index is 12.9. The Morgan fingerprint density at radius 1 is 1.07 bits per heavy atom. The van der Waals surface area contributed by atoms with Gasteiger partial charge < -0.3 is 4.57 Å². The predicted octanol–water partition coefficient (Wildman–Crippen LogP) is 3.36. The molecular formula is C22H21N3O2. The molecule has 0 spiro atoms. The van der Waals surface area contributed by atoms with E-state index in [2.05, 4.69) is 28.4 Å². The van der Waals surface area contributed by atoms with Crippen molar-refractivity contribution in [1.82, 2.24) is 9.58 Å². The number of nitrogens with zero attached hydrogens (tertiary/aromatic N) is 3. The average molecular weight is 359 g/mol. The first-order valence-electron chi connectivity index (χ1n) is 9.48. The second-order valence-corrected chi connectivity index (χ2v) is 7.62. The molecule has 0 radical (unpaired) electrons. The van der Waals surface area contributed by atoms with Crippen LogP contribution in [0.1, 0.15) is 18.4 Å². The van der Waals surface area contributed by atoms with Crippen LogP contribution in [0, 0.1) is 23.7 Å². The van der Waals surface area contributed by atoms with E-state index in [0.717, 1.165) is 34.3 Å². The van der Waals surface area contributed by atoms with Crippen molar-refractivity contribution in [2.24, 2.45) is 28.8 Å². The monoisotopic (exact) mass is 359 g/mol. The zero-order valence-electron chi connectivity index (χ0n) is 15.0. The Morgan fingerprint density at radius 2 is 1.74 bits per heavy atom. The Morgan fingerprint density at radius 3 is 2.37 bits per heavy atom. The van der Waals surface area contributed by atoms with E-state index >= 15 is 0 Å². The lowest BCUT2D eigenvalue weighted by Crippen LogP contribution is -2.38. The van der Waals surface area contributed by atoms with E-state index in [9.17, 15) is 9.59 Å². The van der Waals surface area contributed by atoms with Crippen LogP contribution in [0.5, 0.6) is 0 Å². The standard InChI is InChI=1S/C22H21N3O2/c1-2-11-24-13-16(17-5-3-4-6-18(17)24)12-23-25-21(26)19-14-7-8-15(10-9-14)20(19)22(25)27/h2-8,12-15,19-20H,1,9-11H2/b23-12+. The van der Waals surface area contributed by atoms with Crippen molar-refractivity contribution in [2.45, 2.75) is 19.4 Å². The highest BCUT2D eigenvalue weighted by Gasteiger charge is 2.56. The molecule has 5 nitrogen and oxygen atoms in total. The summed E-state index contributed by atoms with van der Waals surface area (Å²) in [6.07, 6.45) is 11.7. The van der Waals surface area contributed by atoms with E-state index in [0.29, 0.717) is 6.54 Å². The molecule has 1 aromatic heterocycles. The van der Waals surface area contributed by atoms with Crippen LogP contribution >= 0.6 is 0 Å². The number of carbonyl (C=O) groups excluding carboxylic acids is 2. The van der Waals surface area contributed by atoms with Gasteiger partial charge >= 0.3 is 0 Å². The van der Waals surface area contributed by atoms with Crippen LogP contribution in [-0.4, -0.2) is 27.6 Å². The summed E-state index contributed by atoms with van der Waals surface area (Å²) in [5.41, 5.74) is 1.97. The van der Waals surface area contributed by atoms with E-state index in [1.165, 1.54) is 0 Å². The van der Waals surface area contributed by atoms with Crippen molar-refractivity contribution in [3.8, 4) is 0 Å². The number of benzene rings is 1. The Hall–Kier alpha value is -2.95. The molecule has 4 unspecified atom stereocenters. The summed E-state index contributed by atoms with van der Waals surface area (Å²) >= 11 is 0. The van der Waals surface area contributed by atoms with Crippen molar-refractivity contribution in [3.05, 3.63) is 60.8 Å². The van der Waals surface area contributed by atoms with Gasteiger partial charge in [0.05, 0.1) is 18.1 Å². The molecule has 0 N–H and O–H groups in total. The number of imide groups is 1. The van der Waals surface area contributed by atoms with Crippen molar-refractivity contribution >= 4 is 28.9 Å². The van der Waals surface area contributed by atoms with Gasteiger partial charge in [-0.15, -0.1) is 6.58 Å². The quantitative estimate of drug-likeness (QED) is 0.477. The minimum Gasteiger partial charge on any atom is -0.343 e. The molecule has 3 aliphatic carbocycles. The molecule has 2 bridgehead atoms. The molecule has 2 amide bonds. The lowest BCUT2D eigenvalue weighted by atomic mass is 9.63. The van der Waals surface area contributed by atoms with Crippen molar-refractivity contribution in [3.63, 3.8) is 0 Å². The normalized spacial score (nSPS) is 29.3. The number of hydrogen-bond donors (Lipinski definition) is 0. The van der Waals surface area contributed by atoms with Gasteiger partial charge in [-0.2, -0.15) is 10.1 Å². The fourth-order valence-corrected chi connectivity index (χ4v) is 4.96. The molecule has 2 fully saturated rings. The second-order valence-electron chi connectivity index (χ2n) is 7.62. The number of fused-ring (bicyclic) bond motifs is 2. The molecule has 1 aliphatic heterocycles. The van der Waals surface area contributed by atoms with Crippen LogP contribution < -0.4 is 0 Å². The summed E-state index contributed by atoms with van der Waals surface area (Å²) in [7, 11) is 0. The lowest BCUT2D eigenvalue weighted by molar-refractivity contribution is -0.140. The zero-order valence-corrected chi connectivity index (χ0v) is 15.0. The Bertz CT molecular complexity index is 984. The third-order valence-electron chi connectivity index (χ3n) is 6.19. The number of allylic oxidation sites excluding steroid dienone is 3. The van der Waals surface area contributed by atoms with Crippen molar-refractivity contribution in [2.75, 3.05) is 0 Å². The van der Waals surface area contributed by atoms with Gasteiger partial charge in [-0.1, -0.05) is 36.4 Å². The zero-order chi connectivity index (χ0) is 18.5. The number of carbonyl (C=O) groups is 2. The smallest absolute Gasteiger partial charge is 0.254 e. The van der Waals surface area contributed by atoms with Gasteiger partial charge in [0.25, 0.3) is 11.8 Å². The van der Waals surface area contributed by atoms with Crippen LogP contribution in [0.3, 0.4) is 0 Å². The Labute approximate surface area is 157 Å². The SMILES string of the molecule is C=CCn1cc(/C=N/N2C(=O)C3C4C=CC(CC4)C3C2=O)c2ccccc21. The van der Waals surface area contributed by atoms with Crippen LogP contribution in [0.15, 0.2) is 60.4 Å². The molecule has 1 saturated heterocycles. The summed E-state index contributed by atoms with van der Waals surface area (Å²) in [6.45, 7) is 4.49. The molecule has 2 heterocycles. The van der Waals surface area contributed by atoms with Gasteiger partial charge in [-0.25, -0.2) is 0 Å². The van der Waals surface area contributed by atoms with Crippen LogP contribution in [0.4, 0.5) is 0 Å². The largest absolute Gasteiger partial charge is 0.343 e. The van der Waals surface area contributed by atoms with Gasteiger partial charge in [0.2, 0.25) is 0 Å². The maximum atomic E-state index is 12.9. The van der Waals surface area contributed by atoms with Crippen LogP contribution in [0.25, 0.3) is 10.9 Å². The average Bonchev–Trinajstić information content (AvgIpc) is 3.19. The van der Waals surface area contributed by atoms with Crippen molar-refractivity contribution in [1.29, 1.82) is 0 Å². The van der Waals surface area contributed by atoms with Gasteiger partial charge in [0.15, 0.2) is 0 Å². The highest BCUT2D eigenvalue weighted by atomic mass is 16.2. The van der Waals surface area contributed by atoms with Crippen LogP contribution in [0.2, 0.25) is 0 Å². The third-order valence-corrected chi connectivity index (χ3v) is 6.19. The number of rotatable bonds is 4. The lowest BCUT2D eigenvalue weighted by Gasteiger charge is -2.37. The first-order valence-corrected chi connectivity index (χ1v) is 9.48. The fraction of sp³-hybridized carbons (Fsp3) is 0.318. The van der Waals surface area contributed by atoms with E-state index in [1.807, 2.05) is 36.5 Å². The molecule has 4 aliphatic rings. The van der Waals surface area contributed by atoms with E-state index in [4.69, 9.17) is 0 Å². The summed E-state index contributed by atoms with van der Waals surface area (Å²) in [6, 6.07) is 8.03. The summed E-state index contributed by atoms with van der Waals surface area (Å²) < 4.78 is 2.08. The number of hydrazone groups is 1. The minimum atomic E-state index is -0.222. The topological polar surface area (TPSA) is 54.7 Å². The fourth-order valence-electron chi connectivity index (χ4n) is 4.96. The van der Waals surface area contributed by atoms with Crippen LogP contribution in [-0.2, 0) is 16.1 Å². The molecule has 136 valence electrons. The maximum Gasteiger partial charge on any atom is 0.254 e. The third kappa shape index (κ3) is 2.34. The highest BCUT2D eigenvalue weighted by molar-refractivity contribution is 6.07. The summed E-state index contributed by atoms with van der Waals surface area (Å²) in [5.74, 6) is -0.358. The summed E-state index contributed by atoms with van der Waals surface area (Å²) in [4.78, 5) is 25.7. The summed E-state index contributed by atoms with van der Waals surface area (Å²) in [5, 5.41) is 6.50. The second kappa shape index (κ2) is 6.05. The van der Waals surface area contributed by atoms with E-state index in [-0.39, 0.29) is 35.5 Å². The van der Waals surface area contributed by atoms with Gasteiger partial charge in [0, 0.05) is 29.2 Å². The molecule has 1 aromatic carbocycles. The molecule has 27 heavy (non-hydrogen) atoms. The Kier molecular flexibility index (Phi) is 3.64. The highest BCUT2D eigenvalue weighted by Crippen LogP contribution is 2.49. The number of amides is 2. The van der Waals surface area contributed by atoms with E-state index < -0.39 is 0 Å². The molecule has 1 saturated carbocycles. The minimum absolute atomic E-state index is 0.143. The first kappa shape index (κ1) is 16.2. The Balaban J connectivity index is 1.48. The number of aromatic nitrogens is 1. The van der Waals surface area contributed by atoms with Gasteiger partial charge in [0.1, 0.15) is 0 Å². The van der Waals surface area contributed by atoms with Crippen molar-refractivity contribution < 1.29 is 9.59 Å².